The Labute approximate surface area is 65.8 Å². The molecule has 0 amide bonds. The molecule has 1 N–H and O–H groups in total. The molecule has 0 aliphatic heterocycles. The van der Waals surface area contributed by atoms with Gasteiger partial charge in [-0.05, 0) is 0 Å². The number of aliphatic hydroxyl groups is 1. The summed E-state index contributed by atoms with van der Waals surface area (Å²) in [6.45, 7) is 1.10. The molecule has 0 aliphatic rings. The summed E-state index contributed by atoms with van der Waals surface area (Å²) in [6.07, 6.45) is 0. The van der Waals surface area contributed by atoms with Crippen LogP contribution in [0.4, 0.5) is 0 Å². The molecule has 0 aliphatic carbocycles. The summed E-state index contributed by atoms with van der Waals surface area (Å²) in [7, 11) is 0. The average Bonchev–Trinajstić information content (AvgIpc) is 1.66. The summed E-state index contributed by atoms with van der Waals surface area (Å²) < 4.78 is 0. The zero-order valence-corrected chi connectivity index (χ0v) is 8.26. The van der Waals surface area contributed by atoms with Crippen molar-refractivity contribution in [3.05, 3.63) is 0 Å². The summed E-state index contributed by atoms with van der Waals surface area (Å²) in [6, 6.07) is 0. The monoisotopic (exact) mass is 184 g/mol. The van der Waals surface area contributed by atoms with Crippen LogP contribution in [0, 0.1) is 0 Å². The quantitative estimate of drug-likeness (QED) is 0.278. The number of hydrogen-bond acceptors (Lipinski definition) is 4. The second-order valence-corrected chi connectivity index (χ2v) is 1.12. The minimum Gasteiger partial charge on any atom is -0.394 e. The fourth-order valence-corrected chi connectivity index (χ4v) is 0.162. The van der Waals surface area contributed by atoms with Crippen molar-refractivity contribution in [3.63, 3.8) is 0 Å². The van der Waals surface area contributed by atoms with Crippen molar-refractivity contribution >= 4 is 5.97 Å². The van der Waals surface area contributed by atoms with E-state index in [2.05, 4.69) is 9.78 Å². The normalized spacial score (nSPS) is 7.78. The van der Waals surface area contributed by atoms with Crippen LogP contribution in [0.3, 0.4) is 0 Å². The number of rotatable bonds is 3. The van der Waals surface area contributed by atoms with Gasteiger partial charge in [-0.3, -0.25) is 4.89 Å². The van der Waals surface area contributed by atoms with E-state index in [1.54, 1.807) is 0 Å². The van der Waals surface area contributed by atoms with Crippen LogP contribution in [0.25, 0.3) is 0 Å². The Hall–Kier alpha value is 0.0134. The van der Waals surface area contributed by atoms with Crippen LogP contribution >= 0.6 is 0 Å². The molecule has 9 heavy (non-hydrogen) atoms. The SMILES string of the molecule is CC(=O)OOCCO.[Zn]. The first-order chi connectivity index (χ1) is 3.77. The predicted octanol–water partition coefficient (Wildman–Crippen LogP) is -0.529. The minimum absolute atomic E-state index is 0. The van der Waals surface area contributed by atoms with Gasteiger partial charge in [-0.2, -0.15) is 4.89 Å². The van der Waals surface area contributed by atoms with Crippen LogP contribution in [-0.4, -0.2) is 24.3 Å². The van der Waals surface area contributed by atoms with Gasteiger partial charge in [-0.15, -0.1) is 0 Å². The Kier molecular flexibility index (Phi) is 10.5. The second kappa shape index (κ2) is 8.01. The zero-order chi connectivity index (χ0) is 6.41. The molecule has 50 valence electrons. The Balaban J connectivity index is 0. The van der Waals surface area contributed by atoms with Crippen molar-refractivity contribution in [1.82, 2.24) is 0 Å². The molecule has 0 rings (SSSR count). The largest absolute Gasteiger partial charge is 0.394 e. The van der Waals surface area contributed by atoms with Crippen molar-refractivity contribution in [2.45, 2.75) is 6.92 Å². The molecule has 0 unspecified atom stereocenters. The van der Waals surface area contributed by atoms with Gasteiger partial charge in [0.15, 0.2) is 0 Å². The zero-order valence-electron chi connectivity index (χ0n) is 5.29. The van der Waals surface area contributed by atoms with Gasteiger partial charge in [0.05, 0.1) is 6.61 Å². The van der Waals surface area contributed by atoms with Gasteiger partial charge in [0.1, 0.15) is 6.61 Å². The fraction of sp³-hybridized carbons (Fsp3) is 0.750. The summed E-state index contributed by atoms with van der Waals surface area (Å²) in [5.41, 5.74) is 0. The molecule has 0 bridgehead atoms. The molecule has 0 aromatic heterocycles. The Morgan fingerprint density at radius 1 is 1.67 bits per heavy atom. The molecule has 0 fully saturated rings. The van der Waals surface area contributed by atoms with Gasteiger partial charge in [-0.1, -0.05) is 0 Å². The second-order valence-electron chi connectivity index (χ2n) is 1.12. The molecule has 0 radical (unpaired) electrons. The van der Waals surface area contributed by atoms with Crippen LogP contribution in [0.1, 0.15) is 6.92 Å². The predicted molar refractivity (Wildman–Crippen MR) is 24.8 cm³/mol. The molecule has 0 saturated heterocycles. The van der Waals surface area contributed by atoms with Crippen molar-refractivity contribution in [2.24, 2.45) is 0 Å². The van der Waals surface area contributed by atoms with Crippen molar-refractivity contribution in [3.8, 4) is 0 Å². The molecule has 0 heterocycles. The van der Waals surface area contributed by atoms with Crippen molar-refractivity contribution in [2.75, 3.05) is 13.2 Å². The van der Waals surface area contributed by atoms with Gasteiger partial charge < -0.3 is 5.11 Å². The van der Waals surface area contributed by atoms with Gasteiger partial charge >= 0.3 is 5.97 Å². The van der Waals surface area contributed by atoms with E-state index in [1.807, 2.05) is 0 Å². The van der Waals surface area contributed by atoms with E-state index in [-0.39, 0.29) is 32.7 Å². The first kappa shape index (κ1) is 11.8. The van der Waals surface area contributed by atoms with Crippen molar-refractivity contribution in [1.29, 1.82) is 0 Å². The van der Waals surface area contributed by atoms with Gasteiger partial charge in [0, 0.05) is 26.4 Å². The maximum Gasteiger partial charge on any atom is 0.339 e. The van der Waals surface area contributed by atoms with E-state index in [4.69, 9.17) is 5.11 Å². The minimum atomic E-state index is -0.515. The molecule has 0 aromatic rings. The third-order valence-corrected chi connectivity index (χ3v) is 0.351. The Bertz CT molecular complexity index is 75.0. The van der Waals surface area contributed by atoms with Gasteiger partial charge in [0.25, 0.3) is 0 Å². The van der Waals surface area contributed by atoms with Crippen LogP contribution in [0.2, 0.25) is 0 Å². The molecular formula is C4H8O4Zn. The first-order valence-corrected chi connectivity index (χ1v) is 2.18. The maximum absolute atomic E-state index is 9.89. The molecule has 0 atom stereocenters. The molecule has 4 nitrogen and oxygen atoms in total. The van der Waals surface area contributed by atoms with Gasteiger partial charge in [0.2, 0.25) is 0 Å². The smallest absolute Gasteiger partial charge is 0.339 e. The molecule has 0 spiro atoms. The summed E-state index contributed by atoms with van der Waals surface area (Å²) in [4.78, 5) is 18.0. The molecule has 0 aromatic carbocycles. The number of carbonyl (C=O) groups excluding carboxylic acids is 1. The van der Waals surface area contributed by atoms with E-state index in [0.29, 0.717) is 0 Å². The number of aliphatic hydroxyl groups excluding tert-OH is 1. The average molecular weight is 185 g/mol. The van der Waals surface area contributed by atoms with E-state index < -0.39 is 5.97 Å². The Morgan fingerprint density at radius 3 is 2.56 bits per heavy atom. The summed E-state index contributed by atoms with van der Waals surface area (Å²) in [5, 5.41) is 8.06. The van der Waals surface area contributed by atoms with Gasteiger partial charge in [-0.25, -0.2) is 4.79 Å². The fourth-order valence-electron chi connectivity index (χ4n) is 0.162. The summed E-state index contributed by atoms with van der Waals surface area (Å²) >= 11 is 0. The molecular weight excluding hydrogens is 177 g/mol. The summed E-state index contributed by atoms with van der Waals surface area (Å²) in [5.74, 6) is -0.515. The van der Waals surface area contributed by atoms with Crippen LogP contribution in [-0.2, 0) is 34.0 Å². The third-order valence-electron chi connectivity index (χ3n) is 0.351. The van der Waals surface area contributed by atoms with Crippen LogP contribution in [0.5, 0.6) is 0 Å². The van der Waals surface area contributed by atoms with Crippen LogP contribution in [0.15, 0.2) is 0 Å². The topological polar surface area (TPSA) is 55.8 Å². The third kappa shape index (κ3) is 11.5. The maximum atomic E-state index is 9.89. The van der Waals surface area contributed by atoms with Crippen molar-refractivity contribution < 1.29 is 39.2 Å². The van der Waals surface area contributed by atoms with E-state index in [9.17, 15) is 4.79 Å². The van der Waals surface area contributed by atoms with E-state index in [0.717, 1.165) is 0 Å². The number of carbonyl (C=O) groups is 1. The number of hydrogen-bond donors (Lipinski definition) is 1. The Morgan fingerprint density at radius 2 is 2.22 bits per heavy atom. The molecule has 5 heteroatoms. The van der Waals surface area contributed by atoms with Crippen LogP contribution < -0.4 is 0 Å². The first-order valence-electron chi connectivity index (χ1n) is 2.18. The standard InChI is InChI=1S/C4H8O4.Zn/c1-4(6)8-7-3-2-5;/h5H,2-3H2,1H3;. The molecule has 0 saturated carbocycles. The van der Waals surface area contributed by atoms with E-state index >= 15 is 0 Å². The van der Waals surface area contributed by atoms with E-state index in [1.165, 1.54) is 6.92 Å².